The molecule has 0 bridgehead atoms. The van der Waals surface area contributed by atoms with Crippen molar-refractivity contribution in [1.29, 1.82) is 5.41 Å². The van der Waals surface area contributed by atoms with Crippen LogP contribution in [0.3, 0.4) is 0 Å². The van der Waals surface area contributed by atoms with E-state index in [2.05, 4.69) is 31.4 Å². The standard InChI is InChI=1S/C28H40FN3O4/c1-9-35-24-13-19(20(14-30)25(29)27(24)36-10-2)15-31-16-23(33)18-11-21(28(5,6)7)26(34-8)22(12-18)32-17(3)4/h11-14,17,30-32H,9-10,15-16H2,1-8H3. The molecule has 0 saturated carbocycles. The molecule has 0 amide bonds. The summed E-state index contributed by atoms with van der Waals surface area (Å²) in [5.41, 5.74) is 2.62. The Balaban J connectivity index is 2.33. The van der Waals surface area contributed by atoms with E-state index in [0.29, 0.717) is 17.7 Å². The Morgan fingerprint density at radius 2 is 1.78 bits per heavy atom. The van der Waals surface area contributed by atoms with E-state index >= 15 is 4.39 Å². The number of anilines is 1. The lowest BCUT2D eigenvalue weighted by molar-refractivity contribution is 0.0990. The molecule has 0 saturated heterocycles. The summed E-state index contributed by atoms with van der Waals surface area (Å²) in [6.07, 6.45) is 0.954. The molecule has 0 atom stereocenters. The van der Waals surface area contributed by atoms with E-state index in [1.807, 2.05) is 26.0 Å². The zero-order valence-corrected chi connectivity index (χ0v) is 22.7. The van der Waals surface area contributed by atoms with E-state index in [1.54, 1.807) is 27.0 Å². The van der Waals surface area contributed by atoms with Gasteiger partial charge in [0.1, 0.15) is 5.75 Å². The highest BCUT2D eigenvalue weighted by Gasteiger charge is 2.25. The Labute approximate surface area is 214 Å². The second-order valence-electron chi connectivity index (χ2n) is 9.78. The highest BCUT2D eigenvalue weighted by atomic mass is 19.1. The molecule has 36 heavy (non-hydrogen) atoms. The SMILES string of the molecule is CCOc1cc(CNCC(=O)c2cc(NC(C)C)c(OC)c(C(C)(C)C)c2)c(C=N)c(F)c1OCC. The van der Waals surface area contributed by atoms with Crippen molar-refractivity contribution in [1.82, 2.24) is 5.32 Å². The lowest BCUT2D eigenvalue weighted by Crippen LogP contribution is -2.25. The number of Topliss-reactive ketones (excluding diaryl/α,β-unsaturated/α-hetero) is 1. The van der Waals surface area contributed by atoms with Gasteiger partial charge in [0.2, 0.25) is 0 Å². The van der Waals surface area contributed by atoms with Crippen LogP contribution in [0.1, 0.15) is 75.5 Å². The number of hydrogen-bond donors (Lipinski definition) is 3. The molecule has 0 aliphatic rings. The van der Waals surface area contributed by atoms with E-state index in [4.69, 9.17) is 19.6 Å². The maximum absolute atomic E-state index is 15.1. The van der Waals surface area contributed by atoms with Crippen LogP contribution in [-0.4, -0.2) is 44.9 Å². The fourth-order valence-electron chi connectivity index (χ4n) is 3.91. The Morgan fingerprint density at radius 1 is 1.11 bits per heavy atom. The lowest BCUT2D eigenvalue weighted by Gasteiger charge is -2.26. The van der Waals surface area contributed by atoms with Crippen molar-refractivity contribution in [2.24, 2.45) is 0 Å². The van der Waals surface area contributed by atoms with Crippen molar-refractivity contribution in [2.75, 3.05) is 32.2 Å². The van der Waals surface area contributed by atoms with E-state index in [9.17, 15) is 4.79 Å². The van der Waals surface area contributed by atoms with Crippen LogP contribution in [0, 0.1) is 11.2 Å². The molecule has 0 aliphatic carbocycles. The van der Waals surface area contributed by atoms with Gasteiger partial charge >= 0.3 is 0 Å². The van der Waals surface area contributed by atoms with E-state index in [1.165, 1.54) is 0 Å². The predicted molar refractivity (Wildman–Crippen MR) is 143 cm³/mol. The van der Waals surface area contributed by atoms with Gasteiger partial charge in [-0.2, -0.15) is 0 Å². The van der Waals surface area contributed by atoms with Crippen LogP contribution in [0.25, 0.3) is 0 Å². The molecule has 0 aliphatic heterocycles. The molecule has 0 aromatic heterocycles. The summed E-state index contributed by atoms with van der Waals surface area (Å²) in [4.78, 5) is 13.2. The van der Waals surface area contributed by atoms with Crippen molar-refractivity contribution in [3.63, 3.8) is 0 Å². The van der Waals surface area contributed by atoms with Gasteiger partial charge in [0.15, 0.2) is 23.1 Å². The van der Waals surface area contributed by atoms with Gasteiger partial charge < -0.3 is 30.3 Å². The van der Waals surface area contributed by atoms with Gasteiger partial charge in [0.25, 0.3) is 0 Å². The summed E-state index contributed by atoms with van der Waals surface area (Å²) < 4.78 is 31.8. The summed E-state index contributed by atoms with van der Waals surface area (Å²) in [5.74, 6) is 0.249. The fourth-order valence-corrected chi connectivity index (χ4v) is 3.91. The Morgan fingerprint density at radius 3 is 2.31 bits per heavy atom. The van der Waals surface area contributed by atoms with Gasteiger partial charge in [-0.3, -0.25) is 4.79 Å². The van der Waals surface area contributed by atoms with Crippen molar-refractivity contribution in [3.05, 3.63) is 46.3 Å². The molecule has 0 spiro atoms. The molecular weight excluding hydrogens is 461 g/mol. The number of benzene rings is 2. The number of carbonyl (C=O) groups is 1. The first-order valence-corrected chi connectivity index (χ1v) is 12.3. The molecule has 3 N–H and O–H groups in total. The summed E-state index contributed by atoms with van der Waals surface area (Å²) in [6, 6.07) is 5.50. The number of rotatable bonds is 13. The maximum atomic E-state index is 15.1. The van der Waals surface area contributed by atoms with Gasteiger partial charge in [-0.25, -0.2) is 4.39 Å². The number of hydrogen-bond acceptors (Lipinski definition) is 7. The number of nitrogens with one attached hydrogen (secondary N) is 3. The first-order valence-electron chi connectivity index (χ1n) is 12.3. The Bertz CT molecular complexity index is 1080. The van der Waals surface area contributed by atoms with Gasteiger partial charge in [-0.1, -0.05) is 20.8 Å². The molecule has 0 radical (unpaired) electrons. The van der Waals surface area contributed by atoms with Crippen LogP contribution in [0.15, 0.2) is 18.2 Å². The van der Waals surface area contributed by atoms with Gasteiger partial charge in [0, 0.05) is 35.5 Å². The molecule has 2 rings (SSSR count). The monoisotopic (exact) mass is 501 g/mol. The third-order valence-corrected chi connectivity index (χ3v) is 5.51. The van der Waals surface area contributed by atoms with Crippen LogP contribution in [0.4, 0.5) is 10.1 Å². The van der Waals surface area contributed by atoms with Gasteiger partial charge in [-0.15, -0.1) is 0 Å². The lowest BCUT2D eigenvalue weighted by atomic mass is 9.84. The molecule has 0 fully saturated rings. The van der Waals surface area contributed by atoms with E-state index < -0.39 is 5.82 Å². The van der Waals surface area contributed by atoms with Crippen LogP contribution >= 0.6 is 0 Å². The van der Waals surface area contributed by atoms with Gasteiger partial charge in [-0.05, 0) is 56.9 Å². The topological polar surface area (TPSA) is 92.7 Å². The second-order valence-corrected chi connectivity index (χ2v) is 9.78. The summed E-state index contributed by atoms with van der Waals surface area (Å²) in [5, 5.41) is 14.2. The minimum Gasteiger partial charge on any atom is -0.494 e. The summed E-state index contributed by atoms with van der Waals surface area (Å²) in [7, 11) is 1.63. The molecule has 8 heteroatoms. The zero-order chi connectivity index (χ0) is 27.0. The van der Waals surface area contributed by atoms with Crippen molar-refractivity contribution < 1.29 is 23.4 Å². The quantitative estimate of drug-likeness (QED) is 0.240. The van der Waals surface area contributed by atoms with Crippen LogP contribution in [0.2, 0.25) is 0 Å². The third kappa shape index (κ3) is 6.97. The van der Waals surface area contributed by atoms with Crippen molar-refractivity contribution in [3.8, 4) is 17.2 Å². The molecular formula is C28H40FN3O4. The Hall–Kier alpha value is -3.13. The number of carbonyl (C=O) groups excluding carboxylic acids is 1. The average Bonchev–Trinajstić information content (AvgIpc) is 2.80. The minimum absolute atomic E-state index is 0.00389. The van der Waals surface area contributed by atoms with E-state index in [0.717, 1.165) is 23.2 Å². The molecule has 2 aromatic carbocycles. The minimum atomic E-state index is -0.643. The fraction of sp³-hybridized carbons (Fsp3) is 0.500. The first kappa shape index (κ1) is 29.1. The molecule has 2 aromatic rings. The third-order valence-electron chi connectivity index (χ3n) is 5.51. The van der Waals surface area contributed by atoms with Crippen LogP contribution in [-0.2, 0) is 12.0 Å². The number of ketones is 1. The molecule has 0 unspecified atom stereocenters. The summed E-state index contributed by atoms with van der Waals surface area (Å²) in [6.45, 7) is 14.7. The van der Waals surface area contributed by atoms with Gasteiger partial charge in [0.05, 0.1) is 32.6 Å². The van der Waals surface area contributed by atoms with Crippen LogP contribution in [0.5, 0.6) is 17.2 Å². The highest BCUT2D eigenvalue weighted by Crippen LogP contribution is 2.39. The molecule has 0 heterocycles. The number of methoxy groups -OCH3 is 1. The molecule has 7 nitrogen and oxygen atoms in total. The van der Waals surface area contributed by atoms with Crippen molar-refractivity contribution in [2.45, 2.75) is 66.5 Å². The van der Waals surface area contributed by atoms with Crippen LogP contribution < -0.4 is 24.8 Å². The summed E-state index contributed by atoms with van der Waals surface area (Å²) >= 11 is 0. The van der Waals surface area contributed by atoms with E-state index in [-0.39, 0.29) is 54.0 Å². The number of ether oxygens (including phenoxy) is 3. The molecule has 198 valence electrons. The zero-order valence-electron chi connectivity index (χ0n) is 22.7. The maximum Gasteiger partial charge on any atom is 0.197 e. The highest BCUT2D eigenvalue weighted by molar-refractivity contribution is 5.99. The average molecular weight is 502 g/mol. The van der Waals surface area contributed by atoms with Crippen molar-refractivity contribution >= 4 is 17.7 Å². The normalized spacial score (nSPS) is 11.4. The first-order chi connectivity index (χ1) is 17.0. The predicted octanol–water partition coefficient (Wildman–Crippen LogP) is 5.72. The Kier molecular flexibility index (Phi) is 10.3. The second kappa shape index (κ2) is 12.7. The smallest absolute Gasteiger partial charge is 0.197 e. The number of halogens is 1. The largest absolute Gasteiger partial charge is 0.494 e.